The van der Waals surface area contributed by atoms with Gasteiger partial charge in [-0.1, -0.05) is 0 Å². The summed E-state index contributed by atoms with van der Waals surface area (Å²) in [5.74, 6) is -0.212. The highest BCUT2D eigenvalue weighted by molar-refractivity contribution is 7.89. The lowest BCUT2D eigenvalue weighted by Crippen LogP contribution is -2.28. The second-order valence-electron chi connectivity index (χ2n) is 5.06. The zero-order chi connectivity index (χ0) is 15.5. The molecule has 1 aromatic carbocycles. The molecular formula is C13H19N3O4S. The van der Waals surface area contributed by atoms with Crippen molar-refractivity contribution in [1.29, 1.82) is 0 Å². The second kappa shape index (κ2) is 6.31. The number of carbonyl (C=O) groups excluding carboxylic acids is 1. The number of nitrogens with one attached hydrogen (secondary N) is 2. The first-order chi connectivity index (χ1) is 9.88. The van der Waals surface area contributed by atoms with E-state index in [0.29, 0.717) is 12.5 Å². The Balaban J connectivity index is 1.80. The third kappa shape index (κ3) is 4.61. The van der Waals surface area contributed by atoms with Gasteiger partial charge in [0.1, 0.15) is 5.75 Å². The molecule has 7 nitrogen and oxygen atoms in total. The van der Waals surface area contributed by atoms with Crippen LogP contribution >= 0.6 is 0 Å². The first-order valence-electron chi connectivity index (χ1n) is 6.76. The molecule has 0 radical (unpaired) electrons. The van der Waals surface area contributed by atoms with E-state index in [4.69, 9.17) is 5.73 Å². The van der Waals surface area contributed by atoms with Gasteiger partial charge in [-0.15, -0.1) is 0 Å². The van der Waals surface area contributed by atoms with Crippen LogP contribution in [0.4, 0.5) is 5.69 Å². The maximum Gasteiger partial charge on any atom is 0.240 e. The molecule has 0 aliphatic heterocycles. The van der Waals surface area contributed by atoms with Gasteiger partial charge in [-0.3, -0.25) is 4.79 Å². The Morgan fingerprint density at radius 3 is 2.71 bits per heavy atom. The molecule has 1 amide bonds. The van der Waals surface area contributed by atoms with Gasteiger partial charge < -0.3 is 16.2 Å². The van der Waals surface area contributed by atoms with Gasteiger partial charge in [0.25, 0.3) is 0 Å². The Bertz CT molecular complexity index is 626. The van der Waals surface area contributed by atoms with Gasteiger partial charge in [-0.2, -0.15) is 0 Å². The van der Waals surface area contributed by atoms with Gasteiger partial charge >= 0.3 is 0 Å². The van der Waals surface area contributed by atoms with Crippen molar-refractivity contribution >= 4 is 21.6 Å². The van der Waals surface area contributed by atoms with E-state index in [-0.39, 0.29) is 35.2 Å². The van der Waals surface area contributed by atoms with E-state index in [1.807, 2.05) is 0 Å². The number of amides is 1. The standard InChI is InChI=1S/C13H19N3O4S/c14-11-8-10(5-6-12(11)17)21(19,20)15-7-1-2-13(18)16-9-3-4-9/h5-6,8-9,15,17H,1-4,7,14H2,(H,16,18). The van der Waals surface area contributed by atoms with Gasteiger partial charge in [-0.05, 0) is 37.5 Å². The molecule has 1 aromatic rings. The lowest BCUT2D eigenvalue weighted by molar-refractivity contribution is -0.121. The van der Waals surface area contributed by atoms with E-state index in [1.54, 1.807) is 0 Å². The molecular weight excluding hydrogens is 294 g/mol. The van der Waals surface area contributed by atoms with E-state index in [1.165, 1.54) is 18.2 Å². The highest BCUT2D eigenvalue weighted by Crippen LogP contribution is 2.23. The smallest absolute Gasteiger partial charge is 0.240 e. The number of anilines is 1. The Morgan fingerprint density at radius 2 is 2.10 bits per heavy atom. The fourth-order valence-electron chi connectivity index (χ4n) is 1.77. The number of nitrogens with two attached hydrogens (primary N) is 1. The molecule has 116 valence electrons. The third-order valence-corrected chi connectivity index (χ3v) is 4.58. The van der Waals surface area contributed by atoms with Crippen LogP contribution in [0.25, 0.3) is 0 Å². The number of carbonyl (C=O) groups is 1. The molecule has 0 spiro atoms. The first-order valence-corrected chi connectivity index (χ1v) is 8.24. The quantitative estimate of drug-likeness (QED) is 0.328. The van der Waals surface area contributed by atoms with Gasteiger partial charge in [0.2, 0.25) is 15.9 Å². The molecule has 1 aliphatic carbocycles. The van der Waals surface area contributed by atoms with Crippen molar-refractivity contribution in [1.82, 2.24) is 10.0 Å². The number of hydrogen-bond donors (Lipinski definition) is 4. The number of benzene rings is 1. The fourth-order valence-corrected chi connectivity index (χ4v) is 2.88. The summed E-state index contributed by atoms with van der Waals surface area (Å²) in [5.41, 5.74) is 5.47. The zero-order valence-electron chi connectivity index (χ0n) is 11.5. The monoisotopic (exact) mass is 313 g/mol. The topological polar surface area (TPSA) is 122 Å². The number of phenols is 1. The van der Waals surface area contributed by atoms with Crippen molar-refractivity contribution in [3.63, 3.8) is 0 Å². The Labute approximate surface area is 123 Å². The number of rotatable bonds is 7. The van der Waals surface area contributed by atoms with Crippen LogP contribution in [0.15, 0.2) is 23.1 Å². The molecule has 0 aromatic heterocycles. The molecule has 0 bridgehead atoms. The van der Waals surface area contributed by atoms with E-state index >= 15 is 0 Å². The van der Waals surface area contributed by atoms with Crippen LogP contribution in [-0.4, -0.2) is 32.0 Å². The van der Waals surface area contributed by atoms with Crippen molar-refractivity contribution in [2.24, 2.45) is 0 Å². The predicted molar refractivity (Wildman–Crippen MR) is 78.1 cm³/mol. The largest absolute Gasteiger partial charge is 0.506 e. The van der Waals surface area contributed by atoms with Gasteiger partial charge in [-0.25, -0.2) is 13.1 Å². The highest BCUT2D eigenvalue weighted by atomic mass is 32.2. The van der Waals surface area contributed by atoms with Crippen LogP contribution in [-0.2, 0) is 14.8 Å². The SMILES string of the molecule is Nc1cc(S(=O)(=O)NCCCC(=O)NC2CC2)ccc1O. The molecule has 0 atom stereocenters. The molecule has 1 aliphatic rings. The van der Waals surface area contributed by atoms with E-state index in [9.17, 15) is 18.3 Å². The van der Waals surface area contributed by atoms with Crippen LogP contribution in [0.3, 0.4) is 0 Å². The number of nitrogen functional groups attached to an aromatic ring is 1. The minimum Gasteiger partial charge on any atom is -0.506 e. The third-order valence-electron chi connectivity index (χ3n) is 3.12. The number of hydrogen-bond acceptors (Lipinski definition) is 5. The molecule has 5 N–H and O–H groups in total. The molecule has 21 heavy (non-hydrogen) atoms. The van der Waals surface area contributed by atoms with Gasteiger partial charge in [0.15, 0.2) is 0 Å². The van der Waals surface area contributed by atoms with Crippen molar-refractivity contribution < 1.29 is 18.3 Å². The predicted octanol–water partition coefficient (Wildman–Crippen LogP) is 0.312. The minimum atomic E-state index is -3.68. The number of sulfonamides is 1. The summed E-state index contributed by atoms with van der Waals surface area (Å²) >= 11 is 0. The summed E-state index contributed by atoms with van der Waals surface area (Å²) < 4.78 is 26.4. The van der Waals surface area contributed by atoms with E-state index in [0.717, 1.165) is 12.8 Å². The maximum absolute atomic E-state index is 12.0. The molecule has 0 unspecified atom stereocenters. The summed E-state index contributed by atoms with van der Waals surface area (Å²) in [6, 6.07) is 4.01. The van der Waals surface area contributed by atoms with Crippen molar-refractivity contribution in [3.8, 4) is 5.75 Å². The van der Waals surface area contributed by atoms with Gasteiger partial charge in [0.05, 0.1) is 10.6 Å². The first kappa shape index (κ1) is 15.6. The van der Waals surface area contributed by atoms with Crippen molar-refractivity contribution in [3.05, 3.63) is 18.2 Å². The molecule has 1 saturated carbocycles. The minimum absolute atomic E-state index is 0.00156. The normalized spacial score (nSPS) is 14.9. The van der Waals surface area contributed by atoms with Crippen LogP contribution in [0.2, 0.25) is 0 Å². The molecule has 0 heterocycles. The zero-order valence-corrected chi connectivity index (χ0v) is 12.3. The lowest BCUT2D eigenvalue weighted by atomic mass is 10.3. The number of phenolic OH excluding ortho intramolecular Hbond substituents is 1. The van der Waals surface area contributed by atoms with E-state index < -0.39 is 10.0 Å². The van der Waals surface area contributed by atoms with Crippen LogP contribution in [0.1, 0.15) is 25.7 Å². The van der Waals surface area contributed by atoms with Crippen LogP contribution in [0, 0.1) is 0 Å². The van der Waals surface area contributed by atoms with Crippen molar-refractivity contribution in [2.75, 3.05) is 12.3 Å². The summed E-state index contributed by atoms with van der Waals surface area (Å²) in [4.78, 5) is 11.4. The Morgan fingerprint density at radius 1 is 1.38 bits per heavy atom. The van der Waals surface area contributed by atoms with E-state index in [2.05, 4.69) is 10.0 Å². The molecule has 8 heteroatoms. The Kier molecular flexibility index (Phi) is 4.69. The maximum atomic E-state index is 12.0. The summed E-state index contributed by atoms with van der Waals surface area (Å²) in [6.07, 6.45) is 2.77. The highest BCUT2D eigenvalue weighted by Gasteiger charge is 2.22. The van der Waals surface area contributed by atoms with Crippen LogP contribution < -0.4 is 15.8 Å². The molecule has 0 saturated heterocycles. The van der Waals surface area contributed by atoms with Crippen molar-refractivity contribution in [2.45, 2.75) is 36.6 Å². The summed E-state index contributed by atoms with van der Waals surface area (Å²) in [7, 11) is -3.68. The molecule has 1 fully saturated rings. The number of aromatic hydroxyl groups is 1. The molecule has 2 rings (SSSR count). The fraction of sp³-hybridized carbons (Fsp3) is 0.462. The Hall–Kier alpha value is -1.80. The lowest BCUT2D eigenvalue weighted by Gasteiger charge is -2.08. The second-order valence-corrected chi connectivity index (χ2v) is 6.83. The van der Waals surface area contributed by atoms with Gasteiger partial charge in [0, 0.05) is 19.0 Å². The summed E-state index contributed by atoms with van der Waals surface area (Å²) in [6.45, 7) is 0.168. The summed E-state index contributed by atoms with van der Waals surface area (Å²) in [5, 5.41) is 12.1. The average molecular weight is 313 g/mol. The average Bonchev–Trinajstić information content (AvgIpc) is 3.22. The van der Waals surface area contributed by atoms with Crippen LogP contribution in [0.5, 0.6) is 5.75 Å².